The molecule has 3 aliphatic heterocycles. The minimum atomic E-state index is -1.09. The number of aliphatic carboxylic acids is 1. The maximum atomic E-state index is 13.5. The van der Waals surface area contributed by atoms with Crippen LogP contribution in [-0.2, 0) is 38.8 Å². The highest BCUT2D eigenvalue weighted by Crippen LogP contribution is 2.40. The Hall–Kier alpha value is -8.91. The molecule has 2 atom stereocenters. The largest absolute Gasteiger partial charge is 0.490 e. The van der Waals surface area contributed by atoms with Crippen molar-refractivity contribution in [3.8, 4) is 34.7 Å². The molecule has 23 heteroatoms. The van der Waals surface area contributed by atoms with Crippen LogP contribution >= 0.6 is 0 Å². The number of hydrogen-bond acceptors (Lipinski definition) is 18. The topological polar surface area (TPSA) is 277 Å². The van der Waals surface area contributed by atoms with E-state index in [1.54, 1.807) is 67.3 Å². The summed E-state index contributed by atoms with van der Waals surface area (Å²) < 4.78 is 19.5. The number of likely N-dealkylation sites (tertiary alicyclic amines) is 1. The molecule has 0 bridgehead atoms. The number of carboxylic acid groups (broad SMARTS) is 1. The second-order valence-electron chi connectivity index (χ2n) is 22.2. The van der Waals surface area contributed by atoms with E-state index in [1.807, 2.05) is 73.3 Å². The predicted molar refractivity (Wildman–Crippen MR) is 295 cm³/mol. The molecule has 2 fully saturated rings. The Morgan fingerprint density at radius 2 is 1.70 bits per heavy atom. The van der Waals surface area contributed by atoms with Gasteiger partial charge in [-0.25, -0.2) is 34.4 Å². The molecule has 8 heterocycles. The Kier molecular flexibility index (Phi) is 17.3. The standard InChI is InChI=1S/C58H66N14O9/c1-37-32-69(56-62-30-40(31-63-56)46-14-13-45-52(75)58(5,6)72(53(45)64-46)33-39-9-8-21-60-48(39)28-59)24-25-71(37)51(74)35-70-34-41(66-67-70)36-79-26-19-50(73)68-22-17-42(18-23-68)80-43-10-7-11-44(27-43)81-49-15-12-38(29-61-49)54(76)65-47(55(77)78)16-20-57(2,3)4/h7-15,21,27,29-31,34,37,42,47H,16-20,22-26,32-33,35-36H2,1-6H3,(H,65,76)(H,77,78)/t37-,47+/m1/s1. The third-order valence-electron chi connectivity index (χ3n) is 14.6. The van der Waals surface area contributed by atoms with Crippen LogP contribution in [0.1, 0.15) is 111 Å². The van der Waals surface area contributed by atoms with Crippen molar-refractivity contribution < 1.29 is 43.3 Å². The lowest BCUT2D eigenvalue weighted by Gasteiger charge is -2.39. The number of ketones is 1. The summed E-state index contributed by atoms with van der Waals surface area (Å²) in [6.45, 7) is 14.9. The lowest BCUT2D eigenvalue weighted by atomic mass is 9.88. The number of nitrogens with zero attached hydrogens (tertiary/aromatic N) is 13. The van der Waals surface area contributed by atoms with Crippen LogP contribution in [0.4, 0.5) is 11.8 Å². The molecule has 422 valence electrons. The summed E-state index contributed by atoms with van der Waals surface area (Å²) in [5, 5.41) is 30.2. The van der Waals surface area contributed by atoms with Crippen LogP contribution in [0.25, 0.3) is 11.3 Å². The van der Waals surface area contributed by atoms with Gasteiger partial charge in [0.15, 0.2) is 5.78 Å². The molecule has 0 aliphatic carbocycles. The van der Waals surface area contributed by atoms with Crippen molar-refractivity contribution in [1.29, 1.82) is 5.26 Å². The zero-order valence-corrected chi connectivity index (χ0v) is 46.3. The summed E-state index contributed by atoms with van der Waals surface area (Å²) in [6, 6.07) is 18.4. The molecule has 0 saturated carbocycles. The van der Waals surface area contributed by atoms with E-state index in [0.29, 0.717) is 115 Å². The van der Waals surface area contributed by atoms with E-state index in [-0.39, 0.29) is 79.3 Å². The fraction of sp³-hybridized carbons (Fsp3) is 0.431. The number of nitrogens with one attached hydrogen (secondary N) is 1. The van der Waals surface area contributed by atoms with E-state index in [0.717, 1.165) is 0 Å². The summed E-state index contributed by atoms with van der Waals surface area (Å²) in [5.74, 6) is 0.571. The van der Waals surface area contributed by atoms with Gasteiger partial charge < -0.3 is 44.2 Å². The van der Waals surface area contributed by atoms with Gasteiger partial charge in [-0.1, -0.05) is 38.1 Å². The first-order valence-corrected chi connectivity index (χ1v) is 27.0. The second-order valence-corrected chi connectivity index (χ2v) is 22.2. The summed E-state index contributed by atoms with van der Waals surface area (Å²) in [7, 11) is 0. The van der Waals surface area contributed by atoms with Crippen molar-refractivity contribution >= 4 is 41.2 Å². The first-order chi connectivity index (χ1) is 38.8. The summed E-state index contributed by atoms with van der Waals surface area (Å²) >= 11 is 0. The number of piperidine rings is 1. The van der Waals surface area contributed by atoms with E-state index in [1.165, 1.54) is 16.9 Å². The van der Waals surface area contributed by atoms with E-state index in [9.17, 15) is 34.3 Å². The minimum Gasteiger partial charge on any atom is -0.490 e. The lowest BCUT2D eigenvalue weighted by molar-refractivity contribution is -0.139. The first kappa shape index (κ1) is 56.8. The molecule has 1 aromatic carbocycles. The van der Waals surface area contributed by atoms with E-state index < -0.39 is 23.5 Å². The number of ether oxygens (including phenoxy) is 3. The number of nitriles is 1. The molecular formula is C58H66N14O9. The molecule has 9 rings (SSSR count). The molecular weight excluding hydrogens is 1040 g/mol. The minimum absolute atomic E-state index is 0.00248. The van der Waals surface area contributed by atoms with Gasteiger partial charge in [0.25, 0.3) is 5.91 Å². The van der Waals surface area contributed by atoms with Crippen molar-refractivity contribution in [3.63, 3.8) is 0 Å². The number of amides is 3. The van der Waals surface area contributed by atoms with Crippen molar-refractivity contribution in [2.45, 2.75) is 117 Å². The SMILES string of the molecule is C[C@@H]1CN(c2ncc(-c3ccc4c(n3)N(Cc3cccnc3C#N)C(C)(C)C4=O)cn2)CCN1C(=O)Cn1cc(COCCC(=O)N2CCC(Oc3cccc(Oc4ccc(C(=O)N[C@@H](CCC(C)(C)C)C(=O)O)cn4)c3)CC2)nn1. The number of piperazine rings is 1. The molecule has 0 unspecified atom stereocenters. The van der Waals surface area contributed by atoms with E-state index >= 15 is 0 Å². The second kappa shape index (κ2) is 24.6. The van der Waals surface area contributed by atoms with Crippen molar-refractivity contribution in [3.05, 3.63) is 120 Å². The number of fused-ring (bicyclic) bond motifs is 1. The lowest BCUT2D eigenvalue weighted by Crippen LogP contribution is -2.55. The Morgan fingerprint density at radius 1 is 0.926 bits per heavy atom. The number of carbonyl (C=O) groups excluding carboxylic acids is 4. The smallest absolute Gasteiger partial charge is 0.326 e. The summed E-state index contributed by atoms with van der Waals surface area (Å²) in [4.78, 5) is 95.0. The number of carboxylic acids is 1. The van der Waals surface area contributed by atoms with Gasteiger partial charge in [-0.3, -0.25) is 19.2 Å². The molecule has 23 nitrogen and oxygen atoms in total. The normalized spacial score (nSPS) is 16.6. The van der Waals surface area contributed by atoms with Crippen molar-refractivity contribution in [1.82, 2.24) is 55.0 Å². The quantitative estimate of drug-likeness (QED) is 0.0795. The van der Waals surface area contributed by atoms with Gasteiger partial charge in [-0.05, 0) is 75.4 Å². The van der Waals surface area contributed by atoms with Gasteiger partial charge in [-0.2, -0.15) is 5.26 Å². The average Bonchev–Trinajstić information content (AvgIpc) is 4.22. The molecule has 81 heavy (non-hydrogen) atoms. The van der Waals surface area contributed by atoms with Crippen LogP contribution in [0, 0.1) is 16.7 Å². The molecule has 6 aromatic rings. The summed E-state index contributed by atoms with van der Waals surface area (Å²) in [6.07, 6.45) is 10.3. The first-order valence-electron chi connectivity index (χ1n) is 27.0. The van der Waals surface area contributed by atoms with Crippen LogP contribution in [0.2, 0.25) is 0 Å². The third kappa shape index (κ3) is 13.9. The van der Waals surface area contributed by atoms with Crippen LogP contribution in [-0.4, -0.2) is 147 Å². The van der Waals surface area contributed by atoms with Gasteiger partial charge >= 0.3 is 5.97 Å². The van der Waals surface area contributed by atoms with Gasteiger partial charge in [0.2, 0.25) is 23.6 Å². The predicted octanol–water partition coefficient (Wildman–Crippen LogP) is 6.29. The fourth-order valence-electron chi connectivity index (χ4n) is 9.95. The number of benzene rings is 1. The molecule has 2 saturated heterocycles. The number of rotatable bonds is 20. The highest BCUT2D eigenvalue weighted by molar-refractivity contribution is 6.13. The molecule has 5 aromatic heterocycles. The van der Waals surface area contributed by atoms with Gasteiger partial charge in [0, 0.05) is 106 Å². The molecule has 3 aliphatic rings. The van der Waals surface area contributed by atoms with Gasteiger partial charge in [0.05, 0.1) is 48.2 Å². The number of hydrogen-bond donors (Lipinski definition) is 2. The van der Waals surface area contributed by atoms with E-state index in [4.69, 9.17) is 19.2 Å². The third-order valence-corrected chi connectivity index (χ3v) is 14.6. The van der Waals surface area contributed by atoms with Gasteiger partial charge in [0.1, 0.15) is 53.5 Å². The van der Waals surface area contributed by atoms with Crippen molar-refractivity contribution in [2.75, 3.05) is 49.1 Å². The molecule has 3 amide bonds. The average molecular weight is 1100 g/mol. The monoisotopic (exact) mass is 1100 g/mol. The van der Waals surface area contributed by atoms with Crippen LogP contribution < -0.4 is 24.6 Å². The Labute approximate surface area is 469 Å². The zero-order chi connectivity index (χ0) is 57.4. The highest BCUT2D eigenvalue weighted by Gasteiger charge is 2.45. The fourth-order valence-corrected chi connectivity index (χ4v) is 9.95. The number of carbonyl (C=O) groups is 5. The number of pyridine rings is 3. The highest BCUT2D eigenvalue weighted by atomic mass is 16.5. The van der Waals surface area contributed by atoms with Crippen LogP contribution in [0.5, 0.6) is 17.4 Å². The maximum Gasteiger partial charge on any atom is 0.326 e. The van der Waals surface area contributed by atoms with Gasteiger partial charge in [-0.15, -0.1) is 5.10 Å². The molecule has 0 spiro atoms. The van der Waals surface area contributed by atoms with Crippen LogP contribution in [0.3, 0.4) is 0 Å². The Balaban J connectivity index is 0.669. The molecule has 2 N–H and O–H groups in total. The number of aromatic nitrogens is 8. The Morgan fingerprint density at radius 3 is 2.42 bits per heavy atom. The van der Waals surface area contributed by atoms with E-state index in [2.05, 4.69) is 41.6 Å². The maximum absolute atomic E-state index is 13.5. The molecule has 0 radical (unpaired) electrons. The Bertz CT molecular complexity index is 3290. The zero-order valence-electron chi connectivity index (χ0n) is 46.3. The van der Waals surface area contributed by atoms with Crippen LogP contribution in [0.15, 0.2) is 91.6 Å². The number of anilines is 2. The van der Waals surface area contributed by atoms with Crippen molar-refractivity contribution in [2.24, 2.45) is 5.41 Å². The number of Topliss-reactive ketones (excluding diaryl/α,β-unsaturated/α-hetero) is 1. The summed E-state index contributed by atoms with van der Waals surface area (Å²) in [5.41, 5.74) is 2.57.